The van der Waals surface area contributed by atoms with E-state index in [1.54, 1.807) is 0 Å². The molecule has 1 aliphatic carbocycles. The molecule has 0 N–H and O–H groups in total. The topological polar surface area (TPSA) is 18.1 Å². The van der Waals surface area contributed by atoms with E-state index in [1.807, 2.05) is 0 Å². The van der Waals surface area contributed by atoms with Crippen LogP contribution in [0.5, 0.6) is 0 Å². The van der Waals surface area contributed by atoms with Crippen LogP contribution in [0.3, 0.4) is 0 Å². The van der Waals surface area contributed by atoms with Crippen molar-refractivity contribution in [2.24, 2.45) is 0 Å². The molecule has 2 heteroatoms. The van der Waals surface area contributed by atoms with Crippen molar-refractivity contribution in [3.05, 3.63) is 306 Å². The van der Waals surface area contributed by atoms with Crippen LogP contribution in [-0.4, -0.2) is 4.57 Å². The van der Waals surface area contributed by atoms with E-state index in [9.17, 15) is 0 Å². The van der Waals surface area contributed by atoms with Crippen molar-refractivity contribution in [2.75, 3.05) is 0 Å². The summed E-state index contributed by atoms with van der Waals surface area (Å²) in [7, 11) is 0. The lowest BCUT2D eigenvalue weighted by atomic mass is 9.67. The van der Waals surface area contributed by atoms with Gasteiger partial charge < -0.3 is 8.98 Å². The van der Waals surface area contributed by atoms with Gasteiger partial charge in [0, 0.05) is 44.8 Å². The van der Waals surface area contributed by atoms with Gasteiger partial charge in [0.25, 0.3) is 0 Å². The summed E-state index contributed by atoms with van der Waals surface area (Å²) in [5.74, 6) is 0.155. The molecule has 0 radical (unpaired) electrons. The minimum Gasteiger partial charge on any atom is -0.456 e. The second kappa shape index (κ2) is 17.2. The zero-order valence-corrected chi connectivity index (χ0v) is 39.8. The van der Waals surface area contributed by atoms with Gasteiger partial charge in [0.15, 0.2) is 0 Å². The van der Waals surface area contributed by atoms with Gasteiger partial charge in [-0.05, 0) is 97.8 Å². The minimum absolute atomic E-state index is 0.155. The first-order valence-electron chi connectivity index (χ1n) is 25.3. The van der Waals surface area contributed by atoms with Crippen LogP contribution in [0.2, 0.25) is 0 Å². The number of furan rings is 1. The van der Waals surface area contributed by atoms with Gasteiger partial charge in [0.05, 0.1) is 16.4 Å². The molecule has 340 valence electrons. The van der Waals surface area contributed by atoms with Gasteiger partial charge in [-0.3, -0.25) is 0 Å². The molecule has 1 aliphatic rings. The quantitative estimate of drug-likeness (QED) is 0.134. The third-order valence-corrected chi connectivity index (χ3v) is 15.6. The van der Waals surface area contributed by atoms with Crippen LogP contribution in [0.1, 0.15) is 51.3 Å². The summed E-state index contributed by atoms with van der Waals surface area (Å²) >= 11 is 0. The number of benzene rings is 11. The number of rotatable bonds is 10. The van der Waals surface area contributed by atoms with Gasteiger partial charge in [0.2, 0.25) is 0 Å². The Hall–Kier alpha value is -8.98. The van der Waals surface area contributed by atoms with Gasteiger partial charge in [-0.25, -0.2) is 0 Å². The van der Waals surface area contributed by atoms with Crippen molar-refractivity contribution in [1.82, 2.24) is 4.57 Å². The van der Waals surface area contributed by atoms with Crippen molar-refractivity contribution in [3.8, 4) is 39.1 Å². The zero-order chi connectivity index (χ0) is 47.6. The van der Waals surface area contributed by atoms with E-state index in [0.717, 1.165) is 46.0 Å². The highest BCUT2D eigenvalue weighted by atomic mass is 16.3. The maximum atomic E-state index is 6.79. The highest BCUT2D eigenvalue weighted by Gasteiger charge is 2.45. The van der Waals surface area contributed by atoms with Crippen LogP contribution in [-0.2, 0) is 11.8 Å². The highest BCUT2D eigenvalue weighted by Crippen LogP contribution is 2.56. The van der Waals surface area contributed by atoms with Gasteiger partial charge >= 0.3 is 0 Å². The SMILES string of the molecule is c1ccc(-c2ccc(-n3c4cc5oc6ccccc6c5c(-c5ccccc5)c4c4cccc(CC[C@@H](c5ccccc5)c5ccc(C6(c7ccccc7)c7ccccc7-c7ccccc76)cc5)c43)cc2)cc1. The monoisotopic (exact) mass is 919 g/mol. The number of para-hydroxylation sites is 2. The number of hydrogen-bond donors (Lipinski definition) is 0. The number of aryl methyl sites for hydroxylation is 1. The Morgan fingerprint density at radius 1 is 0.403 bits per heavy atom. The summed E-state index contributed by atoms with van der Waals surface area (Å²) in [5, 5.41) is 4.76. The maximum Gasteiger partial charge on any atom is 0.138 e. The van der Waals surface area contributed by atoms with E-state index in [-0.39, 0.29) is 5.92 Å². The molecule has 0 fully saturated rings. The van der Waals surface area contributed by atoms with Crippen LogP contribution >= 0.6 is 0 Å². The van der Waals surface area contributed by atoms with Gasteiger partial charge in [0.1, 0.15) is 11.2 Å². The van der Waals surface area contributed by atoms with Crippen molar-refractivity contribution in [3.63, 3.8) is 0 Å². The van der Waals surface area contributed by atoms with Crippen LogP contribution in [0.4, 0.5) is 0 Å². The molecule has 2 heterocycles. The van der Waals surface area contributed by atoms with Crippen molar-refractivity contribution in [2.45, 2.75) is 24.2 Å². The molecule has 0 aliphatic heterocycles. The number of fused-ring (bicyclic) bond motifs is 9. The molecule has 2 nitrogen and oxygen atoms in total. The summed E-state index contributed by atoms with van der Waals surface area (Å²) in [4.78, 5) is 0. The third-order valence-electron chi connectivity index (χ3n) is 15.6. The second-order valence-electron chi connectivity index (χ2n) is 19.4. The lowest BCUT2D eigenvalue weighted by Crippen LogP contribution is -2.28. The molecule has 13 aromatic rings. The van der Waals surface area contributed by atoms with E-state index in [0.29, 0.717) is 0 Å². The molecule has 0 saturated carbocycles. The Morgan fingerprint density at radius 3 is 1.64 bits per heavy atom. The largest absolute Gasteiger partial charge is 0.456 e. The lowest BCUT2D eigenvalue weighted by Gasteiger charge is -2.34. The fourth-order valence-corrected chi connectivity index (χ4v) is 12.5. The lowest BCUT2D eigenvalue weighted by molar-refractivity contribution is 0.669. The molecule has 0 spiro atoms. The number of aromatic nitrogens is 1. The van der Waals surface area contributed by atoms with E-state index in [4.69, 9.17) is 4.42 Å². The highest BCUT2D eigenvalue weighted by molar-refractivity contribution is 6.27. The summed E-state index contributed by atoms with van der Waals surface area (Å²) in [6.45, 7) is 0. The van der Waals surface area contributed by atoms with E-state index in [2.05, 4.69) is 271 Å². The molecule has 2 aromatic heterocycles. The Kier molecular flexibility index (Phi) is 9.99. The van der Waals surface area contributed by atoms with Crippen LogP contribution in [0, 0.1) is 0 Å². The molecule has 11 aromatic carbocycles. The van der Waals surface area contributed by atoms with Crippen molar-refractivity contribution >= 4 is 43.7 Å². The van der Waals surface area contributed by atoms with E-state index >= 15 is 0 Å². The average molecular weight is 920 g/mol. The predicted molar refractivity (Wildman–Crippen MR) is 299 cm³/mol. The number of nitrogens with zero attached hydrogens (tertiary/aromatic N) is 1. The van der Waals surface area contributed by atoms with E-state index < -0.39 is 5.41 Å². The molecular formula is C70H49NO. The third kappa shape index (κ3) is 6.56. The summed E-state index contributed by atoms with van der Waals surface area (Å²) < 4.78 is 9.30. The van der Waals surface area contributed by atoms with Gasteiger partial charge in [-0.2, -0.15) is 0 Å². The molecule has 0 bridgehead atoms. The molecule has 72 heavy (non-hydrogen) atoms. The predicted octanol–water partition coefficient (Wildman–Crippen LogP) is 18.1. The summed E-state index contributed by atoms with van der Waals surface area (Å²) in [6, 6.07) is 98.3. The van der Waals surface area contributed by atoms with Crippen LogP contribution in [0.25, 0.3) is 82.8 Å². The smallest absolute Gasteiger partial charge is 0.138 e. The van der Waals surface area contributed by atoms with Crippen molar-refractivity contribution < 1.29 is 4.42 Å². The molecular weight excluding hydrogens is 871 g/mol. The fourth-order valence-electron chi connectivity index (χ4n) is 12.5. The average Bonchev–Trinajstić information content (AvgIpc) is 4.10. The maximum absolute atomic E-state index is 6.79. The zero-order valence-electron chi connectivity index (χ0n) is 39.8. The molecule has 0 saturated heterocycles. The number of hydrogen-bond acceptors (Lipinski definition) is 1. The fraction of sp³-hybridized carbons (Fsp3) is 0.0571. The first-order valence-corrected chi connectivity index (χ1v) is 25.3. The Bertz CT molecular complexity index is 4070. The Morgan fingerprint density at radius 2 is 0.944 bits per heavy atom. The van der Waals surface area contributed by atoms with Gasteiger partial charge in [-0.1, -0.05) is 243 Å². The molecule has 14 rings (SSSR count). The first kappa shape index (κ1) is 41.9. The standard InChI is InChI=1S/C70H49NO/c1-5-20-47(21-6-1)48-38-43-55(44-39-48)71-63-46-65-68(59-31-15-18-35-64(59)72-65)66(51-24-9-3-10-25-51)67(63)60-32-19-26-52(69(60)71)40-45-56(49-22-7-2-8-23-49)50-36-41-54(42-37-50)70(53-27-11-4-12-28-53)61-33-16-13-29-57(61)58-30-14-17-34-62(58)70/h1-39,41-44,46,56H,40,45H2/t56-/m0/s1. The summed E-state index contributed by atoms with van der Waals surface area (Å²) in [5.41, 5.74) is 21.4. The van der Waals surface area contributed by atoms with Gasteiger partial charge in [-0.15, -0.1) is 0 Å². The Balaban J connectivity index is 0.938. The van der Waals surface area contributed by atoms with Crippen LogP contribution in [0.15, 0.2) is 271 Å². The summed E-state index contributed by atoms with van der Waals surface area (Å²) in [6.07, 6.45) is 1.79. The van der Waals surface area contributed by atoms with Crippen molar-refractivity contribution in [1.29, 1.82) is 0 Å². The van der Waals surface area contributed by atoms with E-state index in [1.165, 1.54) is 88.6 Å². The first-order chi connectivity index (χ1) is 35.7. The normalized spacial score (nSPS) is 13.2. The molecule has 0 amide bonds. The molecule has 0 unspecified atom stereocenters. The second-order valence-corrected chi connectivity index (χ2v) is 19.4. The molecule has 1 atom stereocenters. The Labute approximate surface area is 419 Å². The minimum atomic E-state index is -0.441. The van der Waals surface area contributed by atoms with Crippen LogP contribution < -0.4 is 0 Å².